The van der Waals surface area contributed by atoms with Gasteiger partial charge in [0.05, 0.1) is 22.1 Å². The standard InChI is InChI=1S/C43H48N4O8S.K.Na/c1-2-47(35-21-17-32(18-22-35)43(52)53)56(54,55)37-8-6-7-33(27-37)40(48)45-39-24-23-36(46-25-4-3-5-26-46)28-38(39)41(49)44-34-19-13-30(14-20-34)10-9-29-11-15-31(16-12-29)42(50)51;;/h6-8,11-16,19-20,23-24,27-28,32,35H,2-5,9-10,17-18,21-22,25-26H2,1H3,(H,44,49)(H,45,48)(H,50,51)(H,52,53);;/q;2*+1/p-2. The summed E-state index contributed by atoms with van der Waals surface area (Å²) in [6, 6.07) is 24.8. The number of carboxylic acid groups (broad SMARTS) is 2. The van der Waals surface area contributed by atoms with E-state index in [9.17, 15) is 37.8 Å². The van der Waals surface area contributed by atoms with Crippen molar-refractivity contribution in [2.75, 3.05) is 35.2 Å². The first-order valence-corrected chi connectivity index (χ1v) is 20.6. The van der Waals surface area contributed by atoms with Gasteiger partial charge in [0, 0.05) is 48.6 Å². The van der Waals surface area contributed by atoms with Gasteiger partial charge in [-0.05, 0) is 129 Å². The van der Waals surface area contributed by atoms with Gasteiger partial charge in [0.15, 0.2) is 0 Å². The molecule has 1 saturated carbocycles. The van der Waals surface area contributed by atoms with Crippen LogP contribution >= 0.6 is 0 Å². The normalized spacial score (nSPS) is 16.7. The molecule has 0 radical (unpaired) electrons. The van der Waals surface area contributed by atoms with Crippen molar-refractivity contribution in [3.05, 3.63) is 119 Å². The Balaban J connectivity index is 0.00000372. The van der Waals surface area contributed by atoms with Gasteiger partial charge in [-0.25, -0.2) is 8.42 Å². The summed E-state index contributed by atoms with van der Waals surface area (Å²) in [5.74, 6) is -3.93. The number of aromatic carboxylic acids is 1. The average Bonchev–Trinajstić information content (AvgIpc) is 3.21. The number of carbonyl (C=O) groups excluding carboxylic acids is 4. The molecule has 2 fully saturated rings. The van der Waals surface area contributed by atoms with Gasteiger partial charge >= 0.3 is 80.9 Å². The first-order chi connectivity index (χ1) is 26.9. The number of carboxylic acids is 2. The fraction of sp³-hybridized carbons (Fsp3) is 0.349. The van der Waals surface area contributed by atoms with Crippen molar-refractivity contribution >= 4 is 50.8 Å². The van der Waals surface area contributed by atoms with Crippen molar-refractivity contribution in [2.45, 2.75) is 75.6 Å². The molecule has 0 spiro atoms. The molecule has 12 nitrogen and oxygen atoms in total. The number of carbonyl (C=O) groups is 4. The third-order valence-electron chi connectivity index (χ3n) is 10.8. The number of rotatable bonds is 14. The molecule has 1 aliphatic carbocycles. The third-order valence-corrected chi connectivity index (χ3v) is 12.8. The van der Waals surface area contributed by atoms with Crippen LogP contribution < -0.4 is 107 Å². The van der Waals surface area contributed by atoms with Crippen molar-refractivity contribution in [1.82, 2.24) is 4.31 Å². The Hall–Kier alpha value is -2.89. The number of anilines is 3. The van der Waals surface area contributed by atoms with E-state index in [-0.39, 0.29) is 121 Å². The number of hydrogen-bond acceptors (Lipinski definition) is 9. The quantitative estimate of drug-likeness (QED) is 0.146. The molecule has 0 aromatic heterocycles. The number of benzene rings is 4. The number of nitrogens with one attached hydrogen (secondary N) is 2. The van der Waals surface area contributed by atoms with Crippen molar-refractivity contribution in [3.63, 3.8) is 0 Å². The Morgan fingerprint density at radius 2 is 1.36 bits per heavy atom. The van der Waals surface area contributed by atoms with Gasteiger partial charge in [0.1, 0.15) is 0 Å². The molecule has 1 aliphatic heterocycles. The number of nitrogens with zero attached hydrogens (tertiary/aromatic N) is 2. The summed E-state index contributed by atoms with van der Waals surface area (Å²) in [4.78, 5) is 52.2. The Bertz CT molecular complexity index is 2170. The van der Waals surface area contributed by atoms with Crippen LogP contribution in [0.4, 0.5) is 17.1 Å². The zero-order valence-electron chi connectivity index (χ0n) is 33.4. The van der Waals surface area contributed by atoms with Crippen LogP contribution in [-0.4, -0.2) is 62.2 Å². The van der Waals surface area contributed by atoms with Gasteiger partial charge in [-0.1, -0.05) is 49.4 Å². The number of piperidine rings is 1. The predicted molar refractivity (Wildman–Crippen MR) is 210 cm³/mol. The molecule has 2 N–H and O–H groups in total. The maximum atomic E-state index is 13.9. The summed E-state index contributed by atoms with van der Waals surface area (Å²) >= 11 is 0. The Morgan fingerprint density at radius 1 is 0.741 bits per heavy atom. The topological polar surface area (TPSA) is 179 Å². The Morgan fingerprint density at radius 3 is 1.95 bits per heavy atom. The minimum absolute atomic E-state index is 0. The molecule has 15 heteroatoms. The SMILES string of the molecule is CCN(C1CCC(C(=O)[O-])CC1)S(=O)(=O)c1cccc(C(=O)Nc2ccc(N3CCCCC3)cc2C(=O)Nc2ccc(CCc3ccc(C(=O)[O-])cc3)cc2)c1.[K+].[Na+]. The van der Waals surface area contributed by atoms with E-state index >= 15 is 0 Å². The molecule has 2 aliphatic rings. The van der Waals surface area contributed by atoms with Gasteiger partial charge in [-0.2, -0.15) is 4.31 Å². The van der Waals surface area contributed by atoms with Crippen molar-refractivity contribution < 1.29 is 119 Å². The summed E-state index contributed by atoms with van der Waals surface area (Å²) in [6.07, 6.45) is 6.09. The molecule has 2 amide bonds. The fourth-order valence-corrected chi connectivity index (χ4v) is 9.32. The third kappa shape index (κ3) is 12.1. The van der Waals surface area contributed by atoms with Crippen LogP contribution in [0.15, 0.2) is 95.9 Å². The van der Waals surface area contributed by atoms with E-state index in [0.29, 0.717) is 44.2 Å². The number of aliphatic carboxylic acids is 1. The molecule has 58 heavy (non-hydrogen) atoms. The molecule has 0 bridgehead atoms. The van der Waals surface area contributed by atoms with Crippen LogP contribution in [0.1, 0.15) is 94.1 Å². The molecule has 4 aromatic carbocycles. The molecule has 4 aromatic rings. The number of amides is 2. The maximum Gasteiger partial charge on any atom is 1.00 e. The number of aryl methyl sites for hydroxylation is 2. The second-order valence-corrected chi connectivity index (χ2v) is 16.3. The van der Waals surface area contributed by atoms with Crippen molar-refractivity contribution in [2.24, 2.45) is 5.92 Å². The van der Waals surface area contributed by atoms with Crippen LogP contribution in [-0.2, 0) is 27.7 Å². The van der Waals surface area contributed by atoms with Crippen LogP contribution in [0.2, 0.25) is 0 Å². The Kier molecular flexibility index (Phi) is 18.2. The molecule has 1 heterocycles. The minimum atomic E-state index is -4.02. The van der Waals surface area contributed by atoms with E-state index in [1.54, 1.807) is 43.3 Å². The van der Waals surface area contributed by atoms with E-state index in [1.807, 2.05) is 18.2 Å². The van der Waals surface area contributed by atoms with Gasteiger partial charge in [-0.3, -0.25) is 9.59 Å². The van der Waals surface area contributed by atoms with Crippen LogP contribution in [0, 0.1) is 5.92 Å². The van der Waals surface area contributed by atoms with E-state index < -0.39 is 39.7 Å². The largest absolute Gasteiger partial charge is 1.00 e. The van der Waals surface area contributed by atoms with Crippen LogP contribution in [0.25, 0.3) is 0 Å². The molecule has 1 saturated heterocycles. The molecule has 6 rings (SSSR count). The summed E-state index contributed by atoms with van der Waals surface area (Å²) in [6.45, 7) is 3.62. The predicted octanol–water partition coefficient (Wildman–Crippen LogP) is -1.34. The molecule has 0 unspecified atom stereocenters. The van der Waals surface area contributed by atoms with Gasteiger partial charge < -0.3 is 35.3 Å². The van der Waals surface area contributed by atoms with Gasteiger partial charge in [0.2, 0.25) is 10.0 Å². The summed E-state index contributed by atoms with van der Waals surface area (Å²) < 4.78 is 29.1. The summed E-state index contributed by atoms with van der Waals surface area (Å²) in [5, 5.41) is 28.2. The molecule has 0 atom stereocenters. The van der Waals surface area contributed by atoms with E-state index in [0.717, 1.165) is 49.2 Å². The number of hydrogen-bond donors (Lipinski definition) is 2. The zero-order valence-corrected chi connectivity index (χ0v) is 39.3. The van der Waals surface area contributed by atoms with Crippen molar-refractivity contribution in [3.8, 4) is 0 Å². The molecule has 294 valence electrons. The summed E-state index contributed by atoms with van der Waals surface area (Å²) in [5.41, 5.74) is 4.18. The first-order valence-electron chi connectivity index (χ1n) is 19.2. The Labute approximate surface area is 404 Å². The maximum absolute atomic E-state index is 13.9. The zero-order chi connectivity index (χ0) is 39.8. The molecular formula is C43H46KN4NaO8S. The molecular weight excluding hydrogens is 795 g/mol. The fourth-order valence-electron chi connectivity index (χ4n) is 7.58. The van der Waals surface area contributed by atoms with Gasteiger partial charge in [-0.15, -0.1) is 0 Å². The second-order valence-electron chi connectivity index (χ2n) is 14.4. The van der Waals surface area contributed by atoms with Crippen LogP contribution in [0.3, 0.4) is 0 Å². The second kappa shape index (κ2) is 22.1. The summed E-state index contributed by atoms with van der Waals surface area (Å²) in [7, 11) is -4.02. The van der Waals surface area contributed by atoms with Gasteiger partial charge in [0.25, 0.3) is 11.8 Å². The van der Waals surface area contributed by atoms with E-state index in [2.05, 4.69) is 15.5 Å². The average molecular weight is 841 g/mol. The van der Waals surface area contributed by atoms with Crippen LogP contribution in [0.5, 0.6) is 0 Å². The number of sulfonamides is 1. The monoisotopic (exact) mass is 840 g/mol. The smallest absolute Gasteiger partial charge is 0.550 e. The van der Waals surface area contributed by atoms with E-state index in [1.165, 1.54) is 40.7 Å². The first kappa shape index (κ1) is 47.8. The van der Waals surface area contributed by atoms with Crippen molar-refractivity contribution in [1.29, 1.82) is 0 Å². The van der Waals surface area contributed by atoms with E-state index in [4.69, 9.17) is 0 Å². The minimum Gasteiger partial charge on any atom is -0.550 e.